The maximum Gasteiger partial charge on any atom is 0.0842 e. The van der Waals surface area contributed by atoms with Crippen molar-refractivity contribution in [1.29, 1.82) is 0 Å². The Morgan fingerprint density at radius 3 is 1.89 bits per heavy atom. The Hall–Kier alpha value is -0.0800. The van der Waals surface area contributed by atoms with E-state index in [1.165, 1.54) is 0 Å². The van der Waals surface area contributed by atoms with E-state index in [1.54, 1.807) is 0 Å². The standard InChI is InChI=1S/C7H17NO/c1-5-7(4)8(9)6(2)3/h6-8H,5H2,1-4H3. The molecule has 0 aromatic heterocycles. The predicted molar refractivity (Wildman–Crippen MR) is 39.2 cm³/mol. The first kappa shape index (κ1) is 8.92. The average Bonchev–Trinajstić information content (AvgIpc) is 1.84. The van der Waals surface area contributed by atoms with E-state index in [9.17, 15) is 5.21 Å². The lowest BCUT2D eigenvalue weighted by Gasteiger charge is -2.32. The fraction of sp³-hybridized carbons (Fsp3) is 1.00. The fourth-order valence-electron chi connectivity index (χ4n) is 0.770. The molecule has 0 aliphatic heterocycles. The van der Waals surface area contributed by atoms with Crippen molar-refractivity contribution < 1.29 is 5.06 Å². The van der Waals surface area contributed by atoms with Crippen molar-refractivity contribution in [2.45, 2.75) is 46.2 Å². The topological polar surface area (TPSA) is 27.5 Å². The smallest absolute Gasteiger partial charge is 0.0842 e. The summed E-state index contributed by atoms with van der Waals surface area (Å²) in [5.74, 6) is 0. The second-order valence-corrected chi connectivity index (χ2v) is 2.87. The number of nitrogens with one attached hydrogen (secondary N) is 1. The molecule has 0 heterocycles. The maximum absolute atomic E-state index is 11.1. The van der Waals surface area contributed by atoms with Gasteiger partial charge in [-0.1, -0.05) is 6.92 Å². The molecule has 0 rings (SSSR count). The number of hydrogen-bond donors (Lipinski definition) is 1. The molecule has 2 nitrogen and oxygen atoms in total. The Balaban J connectivity index is 3.58. The predicted octanol–water partition coefficient (Wildman–Crippen LogP) is 0.576. The first-order chi connectivity index (χ1) is 4.09. The van der Waals surface area contributed by atoms with Crippen molar-refractivity contribution in [2.75, 3.05) is 0 Å². The SMILES string of the molecule is CCC(C)[NH+]([O-])C(C)C. The van der Waals surface area contributed by atoms with Crippen LogP contribution in [0.1, 0.15) is 34.1 Å². The zero-order chi connectivity index (χ0) is 7.44. The third kappa shape index (κ3) is 2.82. The van der Waals surface area contributed by atoms with Crippen LogP contribution in [-0.2, 0) is 0 Å². The summed E-state index contributed by atoms with van der Waals surface area (Å²) in [6.07, 6.45) is 0.969. The van der Waals surface area contributed by atoms with Gasteiger partial charge in [-0.3, -0.25) is 0 Å². The molecule has 2 atom stereocenters. The molecule has 2 heteroatoms. The van der Waals surface area contributed by atoms with Crippen LogP contribution in [0.5, 0.6) is 0 Å². The van der Waals surface area contributed by atoms with Crippen molar-refractivity contribution in [1.82, 2.24) is 0 Å². The van der Waals surface area contributed by atoms with Gasteiger partial charge >= 0.3 is 0 Å². The van der Waals surface area contributed by atoms with Crippen molar-refractivity contribution in [3.63, 3.8) is 0 Å². The molecule has 2 unspecified atom stereocenters. The molecule has 0 radical (unpaired) electrons. The van der Waals surface area contributed by atoms with Gasteiger partial charge < -0.3 is 10.3 Å². The van der Waals surface area contributed by atoms with Crippen LogP contribution < -0.4 is 5.06 Å². The molecule has 0 aliphatic rings. The van der Waals surface area contributed by atoms with Gasteiger partial charge in [0.25, 0.3) is 0 Å². The largest absolute Gasteiger partial charge is 0.634 e. The highest BCUT2D eigenvalue weighted by Crippen LogP contribution is 1.82. The van der Waals surface area contributed by atoms with Crippen molar-refractivity contribution in [3.05, 3.63) is 5.21 Å². The highest BCUT2D eigenvalue weighted by molar-refractivity contribution is 4.45. The quantitative estimate of drug-likeness (QED) is 0.557. The summed E-state index contributed by atoms with van der Waals surface area (Å²) in [5, 5.41) is 11.5. The molecule has 0 bridgehead atoms. The zero-order valence-electron chi connectivity index (χ0n) is 6.77. The van der Waals surface area contributed by atoms with E-state index in [1.807, 2.05) is 27.7 Å². The van der Waals surface area contributed by atoms with Gasteiger partial charge in [0.05, 0.1) is 12.1 Å². The normalized spacial score (nSPS) is 18.0. The molecule has 0 spiro atoms. The van der Waals surface area contributed by atoms with Crippen LogP contribution in [0.3, 0.4) is 0 Å². The molecule has 0 saturated carbocycles. The van der Waals surface area contributed by atoms with E-state index in [0.29, 0.717) is 5.06 Å². The molecule has 0 saturated heterocycles. The summed E-state index contributed by atoms with van der Waals surface area (Å²) in [7, 11) is 0. The van der Waals surface area contributed by atoms with Crippen LogP contribution in [0.4, 0.5) is 0 Å². The van der Waals surface area contributed by atoms with E-state index < -0.39 is 0 Å². The summed E-state index contributed by atoms with van der Waals surface area (Å²) in [5.41, 5.74) is 0. The van der Waals surface area contributed by atoms with Crippen molar-refractivity contribution in [3.8, 4) is 0 Å². The number of rotatable bonds is 3. The summed E-state index contributed by atoms with van der Waals surface area (Å²) >= 11 is 0. The van der Waals surface area contributed by atoms with Gasteiger partial charge in [0.15, 0.2) is 0 Å². The van der Waals surface area contributed by atoms with Crippen LogP contribution in [0.25, 0.3) is 0 Å². The van der Waals surface area contributed by atoms with Crippen LogP contribution in [0.2, 0.25) is 0 Å². The second-order valence-electron chi connectivity index (χ2n) is 2.87. The molecular weight excluding hydrogens is 114 g/mol. The molecule has 0 fully saturated rings. The first-order valence-electron chi connectivity index (χ1n) is 3.63. The minimum absolute atomic E-state index is 0.208. The van der Waals surface area contributed by atoms with E-state index in [4.69, 9.17) is 0 Å². The van der Waals surface area contributed by atoms with Crippen LogP contribution in [0.15, 0.2) is 0 Å². The van der Waals surface area contributed by atoms with Crippen molar-refractivity contribution >= 4 is 0 Å². The fourth-order valence-corrected chi connectivity index (χ4v) is 0.770. The number of quaternary nitrogens is 1. The van der Waals surface area contributed by atoms with Gasteiger partial charge in [0, 0.05) is 0 Å². The Labute approximate surface area is 57.4 Å². The van der Waals surface area contributed by atoms with Gasteiger partial charge in [-0.05, 0) is 27.2 Å². The molecule has 0 aromatic rings. The molecule has 56 valence electrons. The first-order valence-corrected chi connectivity index (χ1v) is 3.63. The molecular formula is C7H17NO. The van der Waals surface area contributed by atoms with Gasteiger partial charge in [-0.2, -0.15) is 0 Å². The van der Waals surface area contributed by atoms with Crippen LogP contribution in [0, 0.1) is 5.21 Å². The Bertz CT molecular complexity index is 73.3. The van der Waals surface area contributed by atoms with E-state index in [-0.39, 0.29) is 12.1 Å². The minimum atomic E-state index is 0.208. The van der Waals surface area contributed by atoms with E-state index >= 15 is 0 Å². The molecule has 1 N–H and O–H groups in total. The minimum Gasteiger partial charge on any atom is -0.634 e. The monoisotopic (exact) mass is 131 g/mol. The van der Waals surface area contributed by atoms with Gasteiger partial charge in [-0.15, -0.1) is 0 Å². The third-order valence-corrected chi connectivity index (χ3v) is 1.67. The Morgan fingerprint density at radius 1 is 1.33 bits per heavy atom. The lowest BCUT2D eigenvalue weighted by Crippen LogP contribution is -3.13. The van der Waals surface area contributed by atoms with Gasteiger partial charge in [0.1, 0.15) is 0 Å². The summed E-state index contributed by atoms with van der Waals surface area (Å²) in [6, 6.07) is 0.463. The molecule has 0 aromatic carbocycles. The molecule has 0 amide bonds. The lowest BCUT2D eigenvalue weighted by atomic mass is 10.2. The molecule has 9 heavy (non-hydrogen) atoms. The molecule has 0 aliphatic carbocycles. The summed E-state index contributed by atoms with van der Waals surface area (Å²) in [6.45, 7) is 7.94. The van der Waals surface area contributed by atoms with E-state index in [2.05, 4.69) is 0 Å². The maximum atomic E-state index is 11.1. The Kier molecular flexibility index (Phi) is 3.82. The van der Waals surface area contributed by atoms with Crippen molar-refractivity contribution in [2.24, 2.45) is 0 Å². The van der Waals surface area contributed by atoms with Gasteiger partial charge in [-0.25, -0.2) is 0 Å². The average molecular weight is 131 g/mol. The third-order valence-electron chi connectivity index (χ3n) is 1.67. The van der Waals surface area contributed by atoms with Gasteiger partial charge in [0.2, 0.25) is 0 Å². The number of hydrogen-bond acceptors (Lipinski definition) is 1. The van der Waals surface area contributed by atoms with Crippen LogP contribution in [-0.4, -0.2) is 12.1 Å². The Morgan fingerprint density at radius 2 is 1.78 bits per heavy atom. The second kappa shape index (κ2) is 3.85. The summed E-state index contributed by atoms with van der Waals surface area (Å²) in [4.78, 5) is 0. The summed E-state index contributed by atoms with van der Waals surface area (Å²) < 4.78 is 0. The highest BCUT2D eigenvalue weighted by Gasteiger charge is 2.08. The lowest BCUT2D eigenvalue weighted by molar-refractivity contribution is -0.895. The number of hydroxylamine groups is 2. The van der Waals surface area contributed by atoms with E-state index in [0.717, 1.165) is 6.42 Å². The highest BCUT2D eigenvalue weighted by atomic mass is 16.5. The zero-order valence-corrected chi connectivity index (χ0v) is 6.77. The van der Waals surface area contributed by atoms with Crippen LogP contribution >= 0.6 is 0 Å².